The summed E-state index contributed by atoms with van der Waals surface area (Å²) < 4.78 is 40.6. The number of hydrogen-bond donors (Lipinski definition) is 2. The number of likely N-dealkylation sites (tertiary alicyclic amines) is 1. The van der Waals surface area contributed by atoms with Gasteiger partial charge in [0.1, 0.15) is 18.1 Å². The molecule has 1 saturated heterocycles. The fraction of sp³-hybridized carbons (Fsp3) is 0.389. The Kier molecular flexibility index (Phi) is 15.1. The molecular formula is C36H44F3N5O3. The summed E-state index contributed by atoms with van der Waals surface area (Å²) in [7, 11) is 3.34. The number of carbonyl (C=O) groups is 3. The molecule has 2 N–H and O–H groups in total. The van der Waals surface area contributed by atoms with Gasteiger partial charge in [0.15, 0.2) is 11.6 Å². The van der Waals surface area contributed by atoms with Crippen LogP contribution in [0.15, 0.2) is 72.8 Å². The van der Waals surface area contributed by atoms with E-state index >= 15 is 0 Å². The minimum Gasteiger partial charge on any atom is -0.388 e. The van der Waals surface area contributed by atoms with Gasteiger partial charge in [0.2, 0.25) is 11.8 Å². The van der Waals surface area contributed by atoms with Gasteiger partial charge in [0.05, 0.1) is 18.7 Å². The smallest absolute Gasteiger partial charge is 0.243 e. The summed E-state index contributed by atoms with van der Waals surface area (Å²) in [4.78, 5) is 39.3. The summed E-state index contributed by atoms with van der Waals surface area (Å²) in [5.41, 5.74) is 1.68. The largest absolute Gasteiger partial charge is 0.388 e. The van der Waals surface area contributed by atoms with Gasteiger partial charge in [-0.2, -0.15) is 5.26 Å². The summed E-state index contributed by atoms with van der Waals surface area (Å²) in [6, 6.07) is 21.9. The number of rotatable bonds is 8. The van der Waals surface area contributed by atoms with Crippen LogP contribution in [0.2, 0.25) is 0 Å². The van der Waals surface area contributed by atoms with Crippen molar-refractivity contribution in [3.63, 3.8) is 0 Å². The molecule has 47 heavy (non-hydrogen) atoms. The van der Waals surface area contributed by atoms with E-state index < -0.39 is 52.7 Å². The highest BCUT2D eigenvalue weighted by Gasteiger charge is 2.38. The van der Waals surface area contributed by atoms with Gasteiger partial charge in [-0.25, -0.2) is 13.2 Å². The molecule has 0 radical (unpaired) electrons. The molecule has 4 rings (SSSR count). The van der Waals surface area contributed by atoms with Gasteiger partial charge >= 0.3 is 0 Å². The predicted molar refractivity (Wildman–Crippen MR) is 176 cm³/mol. The Morgan fingerprint density at radius 2 is 1.60 bits per heavy atom. The summed E-state index contributed by atoms with van der Waals surface area (Å²) >= 11 is 0. The minimum absolute atomic E-state index is 0.124. The number of aryl methyl sites for hydroxylation is 1. The number of aldehydes is 1. The maximum Gasteiger partial charge on any atom is 0.243 e. The maximum absolute atomic E-state index is 14.0. The fourth-order valence-electron chi connectivity index (χ4n) is 4.77. The van der Waals surface area contributed by atoms with Gasteiger partial charge in [-0.1, -0.05) is 74.9 Å². The molecule has 1 aliphatic heterocycles. The summed E-state index contributed by atoms with van der Waals surface area (Å²) in [6.45, 7) is 6.96. The quantitative estimate of drug-likeness (QED) is 0.238. The van der Waals surface area contributed by atoms with Gasteiger partial charge in [-0.3, -0.25) is 9.59 Å². The second-order valence-electron chi connectivity index (χ2n) is 12.3. The number of likely N-dealkylation sites (N-methyl/N-ethyl adjacent to an activating group) is 1. The first-order valence-electron chi connectivity index (χ1n) is 15.2. The third kappa shape index (κ3) is 12.2. The molecule has 0 aliphatic carbocycles. The van der Waals surface area contributed by atoms with Crippen molar-refractivity contribution >= 4 is 23.8 Å². The van der Waals surface area contributed by atoms with Crippen LogP contribution in [0.25, 0.3) is 0 Å². The molecule has 3 unspecified atom stereocenters. The second kappa shape index (κ2) is 18.5. The summed E-state index contributed by atoms with van der Waals surface area (Å²) in [5.74, 6) is -4.79. The number of hydrogen-bond acceptors (Lipinski definition) is 6. The number of nitrogens with zero attached hydrogens (tertiary/aromatic N) is 3. The van der Waals surface area contributed by atoms with Crippen molar-refractivity contribution in [1.29, 1.82) is 5.26 Å². The summed E-state index contributed by atoms with van der Waals surface area (Å²) in [5, 5.41) is 15.1. The number of para-hydroxylation sites is 1. The van der Waals surface area contributed by atoms with Crippen LogP contribution >= 0.6 is 0 Å². The molecule has 3 atom stereocenters. The van der Waals surface area contributed by atoms with Crippen LogP contribution in [0.4, 0.5) is 18.9 Å². The lowest BCUT2D eigenvalue weighted by atomic mass is 9.85. The van der Waals surface area contributed by atoms with Gasteiger partial charge in [0.25, 0.3) is 0 Å². The van der Waals surface area contributed by atoms with Crippen LogP contribution in [-0.2, 0) is 20.9 Å². The zero-order chi connectivity index (χ0) is 35.1. The average Bonchev–Trinajstić information content (AvgIpc) is 3.48. The molecule has 0 aromatic heterocycles. The minimum atomic E-state index is -1.30. The summed E-state index contributed by atoms with van der Waals surface area (Å²) in [6.07, 6.45) is 0.971. The molecule has 1 aliphatic rings. The molecule has 0 bridgehead atoms. The van der Waals surface area contributed by atoms with Crippen molar-refractivity contribution in [3.05, 3.63) is 101 Å². The van der Waals surface area contributed by atoms with E-state index in [-0.39, 0.29) is 31.6 Å². The second-order valence-corrected chi connectivity index (χ2v) is 12.3. The topological polar surface area (TPSA) is 106 Å². The van der Waals surface area contributed by atoms with Crippen LogP contribution in [-0.4, -0.2) is 67.2 Å². The SMILES string of the molecule is CN(CC(=O)N1CC(C=O)CC1C#N)C(=O)C(NCc1cc(F)c(F)cc1F)C(C)(C)C.CNc1ccccc1.Cc1ccccc1. The molecule has 1 fully saturated rings. The van der Waals surface area contributed by atoms with Gasteiger partial charge in [0, 0.05) is 50.4 Å². The van der Waals surface area contributed by atoms with Crippen LogP contribution in [0.1, 0.15) is 38.3 Å². The Bertz CT molecular complexity index is 1490. The number of carbonyl (C=O) groups excluding carboxylic acids is 3. The fourth-order valence-corrected chi connectivity index (χ4v) is 4.77. The van der Waals surface area contributed by atoms with Crippen LogP contribution in [0.3, 0.4) is 0 Å². The first kappa shape index (κ1) is 38.5. The highest BCUT2D eigenvalue weighted by Crippen LogP contribution is 2.24. The number of nitrogens with one attached hydrogen (secondary N) is 2. The molecule has 252 valence electrons. The lowest BCUT2D eigenvalue weighted by Gasteiger charge is -2.34. The predicted octanol–water partition coefficient (Wildman–Crippen LogP) is 5.73. The Morgan fingerprint density at radius 1 is 1.02 bits per heavy atom. The maximum atomic E-state index is 14.0. The molecule has 0 saturated carbocycles. The third-order valence-electron chi connectivity index (χ3n) is 7.45. The van der Waals surface area contributed by atoms with Crippen molar-refractivity contribution in [3.8, 4) is 6.07 Å². The van der Waals surface area contributed by atoms with Crippen LogP contribution in [0, 0.1) is 47.0 Å². The van der Waals surface area contributed by atoms with E-state index in [0.29, 0.717) is 12.4 Å². The van der Waals surface area contributed by atoms with Crippen molar-refractivity contribution < 1.29 is 27.6 Å². The zero-order valence-electron chi connectivity index (χ0n) is 27.8. The molecule has 0 spiro atoms. The Morgan fingerprint density at radius 3 is 2.06 bits per heavy atom. The molecule has 3 aromatic rings. The third-order valence-corrected chi connectivity index (χ3v) is 7.45. The molecule has 1 heterocycles. The number of halogens is 3. The van der Waals surface area contributed by atoms with Crippen molar-refractivity contribution in [2.45, 2.75) is 52.7 Å². The van der Waals surface area contributed by atoms with E-state index in [2.05, 4.69) is 29.7 Å². The lowest BCUT2D eigenvalue weighted by Crippen LogP contribution is -2.54. The van der Waals surface area contributed by atoms with E-state index in [4.69, 9.17) is 0 Å². The van der Waals surface area contributed by atoms with E-state index in [1.165, 1.54) is 22.4 Å². The molecular weight excluding hydrogens is 607 g/mol. The van der Waals surface area contributed by atoms with Gasteiger partial charge in [-0.15, -0.1) is 0 Å². The van der Waals surface area contributed by atoms with Crippen LogP contribution in [0.5, 0.6) is 0 Å². The van der Waals surface area contributed by atoms with Gasteiger partial charge < -0.3 is 25.2 Å². The monoisotopic (exact) mass is 651 g/mol. The Labute approximate surface area is 275 Å². The van der Waals surface area contributed by atoms with E-state index in [1.54, 1.807) is 20.8 Å². The standard InChI is InChI=1S/C22H27F3N4O3.C7H9N.C7H8/c1-22(2,3)20(27-9-14-6-17(24)18(25)7-16(14)23)21(32)28(4)11-19(31)29-10-13(12-30)5-15(29)8-26;1-8-7-5-3-2-4-6-7;1-7-5-3-2-4-6-7/h6-7,12-13,15,20,27H,5,9-11H2,1-4H3;2-6,8H,1H3;2-6H,1H3. The number of amides is 2. The normalized spacial score (nSPS) is 16.0. The first-order valence-corrected chi connectivity index (χ1v) is 15.2. The van der Waals surface area contributed by atoms with E-state index in [1.807, 2.05) is 61.6 Å². The Balaban J connectivity index is 0.000000413. The van der Waals surface area contributed by atoms with E-state index in [9.17, 15) is 32.8 Å². The Hall–Kier alpha value is -4.69. The van der Waals surface area contributed by atoms with Crippen molar-refractivity contribution in [1.82, 2.24) is 15.1 Å². The zero-order valence-corrected chi connectivity index (χ0v) is 27.8. The molecule has 3 aromatic carbocycles. The lowest BCUT2D eigenvalue weighted by molar-refractivity contribution is -0.142. The van der Waals surface area contributed by atoms with Gasteiger partial charge in [-0.05, 0) is 37.0 Å². The molecule has 11 heteroatoms. The van der Waals surface area contributed by atoms with Crippen LogP contribution < -0.4 is 10.6 Å². The number of anilines is 1. The number of nitriles is 1. The highest BCUT2D eigenvalue weighted by molar-refractivity contribution is 5.88. The molecule has 2 amide bonds. The van der Waals surface area contributed by atoms with Crippen molar-refractivity contribution in [2.24, 2.45) is 11.3 Å². The van der Waals surface area contributed by atoms with Crippen molar-refractivity contribution in [2.75, 3.05) is 32.5 Å². The number of benzene rings is 3. The van der Waals surface area contributed by atoms with E-state index in [0.717, 1.165) is 11.8 Å². The first-order chi connectivity index (χ1) is 22.2. The average molecular weight is 652 g/mol. The molecule has 8 nitrogen and oxygen atoms in total. The highest BCUT2D eigenvalue weighted by atomic mass is 19.2.